The summed E-state index contributed by atoms with van der Waals surface area (Å²) in [5.74, 6) is 0.122. The highest BCUT2D eigenvalue weighted by Crippen LogP contribution is 2.30. The molecular formula is C21H33N3O3. The maximum atomic E-state index is 13.1. The summed E-state index contributed by atoms with van der Waals surface area (Å²) in [5, 5.41) is 6.61. The Morgan fingerprint density at radius 3 is 2.74 bits per heavy atom. The van der Waals surface area contributed by atoms with E-state index in [0.717, 1.165) is 52.2 Å². The van der Waals surface area contributed by atoms with E-state index in [4.69, 9.17) is 9.47 Å². The van der Waals surface area contributed by atoms with Crippen molar-refractivity contribution >= 4 is 5.91 Å². The molecule has 2 aliphatic heterocycles. The smallest absolute Gasteiger partial charge is 0.228 e. The highest BCUT2D eigenvalue weighted by atomic mass is 16.5. The van der Waals surface area contributed by atoms with Gasteiger partial charge in [-0.15, -0.1) is 0 Å². The molecule has 0 aromatic heterocycles. The molecule has 6 heteroatoms. The summed E-state index contributed by atoms with van der Waals surface area (Å²) >= 11 is 0. The van der Waals surface area contributed by atoms with Crippen molar-refractivity contribution in [3.05, 3.63) is 35.4 Å². The predicted octanol–water partition coefficient (Wildman–Crippen LogP) is 1.50. The first-order valence-electron chi connectivity index (χ1n) is 10.0. The van der Waals surface area contributed by atoms with E-state index in [1.165, 1.54) is 11.1 Å². The lowest BCUT2D eigenvalue weighted by Gasteiger charge is -2.38. The van der Waals surface area contributed by atoms with Crippen LogP contribution in [-0.4, -0.2) is 70.5 Å². The first-order valence-corrected chi connectivity index (χ1v) is 10.0. The topological polar surface area (TPSA) is 62.8 Å². The Bertz CT molecular complexity index is 605. The minimum atomic E-state index is -0.415. The number of carbonyl (C=O) groups excluding carboxylic acids is 1. The molecule has 1 unspecified atom stereocenters. The van der Waals surface area contributed by atoms with Crippen molar-refractivity contribution in [1.29, 1.82) is 0 Å². The molecule has 0 aliphatic carbocycles. The third-order valence-corrected chi connectivity index (χ3v) is 5.83. The Labute approximate surface area is 162 Å². The second-order valence-corrected chi connectivity index (χ2v) is 7.75. The molecule has 2 N–H and O–H groups in total. The molecule has 150 valence electrons. The number of amides is 1. The van der Waals surface area contributed by atoms with E-state index in [9.17, 15) is 4.79 Å². The van der Waals surface area contributed by atoms with Crippen molar-refractivity contribution in [1.82, 2.24) is 15.5 Å². The monoisotopic (exact) mass is 375 g/mol. The molecule has 0 saturated carbocycles. The van der Waals surface area contributed by atoms with E-state index >= 15 is 0 Å². The molecule has 1 amide bonds. The highest BCUT2D eigenvalue weighted by molar-refractivity contribution is 5.83. The number of carbonyl (C=O) groups is 1. The summed E-state index contributed by atoms with van der Waals surface area (Å²) in [5.41, 5.74) is 2.08. The van der Waals surface area contributed by atoms with Crippen LogP contribution < -0.4 is 10.6 Å². The van der Waals surface area contributed by atoms with E-state index < -0.39 is 5.41 Å². The van der Waals surface area contributed by atoms with Gasteiger partial charge in [0.1, 0.15) is 0 Å². The van der Waals surface area contributed by atoms with Crippen LogP contribution in [0, 0.1) is 12.3 Å². The lowest BCUT2D eigenvalue weighted by Crippen LogP contribution is -2.52. The fraction of sp³-hybridized carbons (Fsp3) is 0.667. The van der Waals surface area contributed by atoms with Gasteiger partial charge in [0.05, 0.1) is 31.3 Å². The Kier molecular flexibility index (Phi) is 7.24. The normalized spacial score (nSPS) is 21.6. The maximum absolute atomic E-state index is 13.1. The quantitative estimate of drug-likeness (QED) is 0.756. The Morgan fingerprint density at radius 1 is 1.33 bits per heavy atom. The second kappa shape index (κ2) is 9.64. The molecular weight excluding hydrogens is 342 g/mol. The van der Waals surface area contributed by atoms with Gasteiger partial charge in [-0.25, -0.2) is 0 Å². The number of rotatable bonds is 7. The summed E-state index contributed by atoms with van der Waals surface area (Å²) < 4.78 is 10.9. The molecule has 0 bridgehead atoms. The van der Waals surface area contributed by atoms with Crippen LogP contribution in [0.1, 0.15) is 30.0 Å². The van der Waals surface area contributed by atoms with E-state index in [0.29, 0.717) is 13.2 Å². The SMILES string of the molecule is COCC1(C(=O)NCC(c2cccc(C)c2)N2CCOCC2)CCNCC1. The summed E-state index contributed by atoms with van der Waals surface area (Å²) in [4.78, 5) is 15.6. The third-order valence-electron chi connectivity index (χ3n) is 5.83. The molecule has 0 spiro atoms. The van der Waals surface area contributed by atoms with Gasteiger partial charge in [0.15, 0.2) is 0 Å². The lowest BCUT2D eigenvalue weighted by molar-refractivity contribution is -0.136. The van der Waals surface area contributed by atoms with Gasteiger partial charge in [0.2, 0.25) is 5.91 Å². The number of piperidine rings is 1. The number of ether oxygens (including phenoxy) is 2. The van der Waals surface area contributed by atoms with Crippen LogP contribution >= 0.6 is 0 Å². The van der Waals surface area contributed by atoms with Crippen LogP contribution in [0.25, 0.3) is 0 Å². The number of morpholine rings is 1. The standard InChI is InChI=1S/C21H33N3O3/c1-17-4-3-5-18(14-17)19(24-10-12-27-13-11-24)15-23-20(25)21(16-26-2)6-8-22-9-7-21/h3-5,14,19,22H,6-13,15-16H2,1-2H3,(H,23,25). The van der Waals surface area contributed by atoms with Crippen LogP contribution in [0.15, 0.2) is 24.3 Å². The molecule has 3 rings (SSSR count). The maximum Gasteiger partial charge on any atom is 0.228 e. The largest absolute Gasteiger partial charge is 0.384 e. The number of nitrogens with zero attached hydrogens (tertiary/aromatic N) is 1. The molecule has 6 nitrogen and oxygen atoms in total. The number of hydrogen-bond acceptors (Lipinski definition) is 5. The summed E-state index contributed by atoms with van der Waals surface area (Å²) in [6, 6.07) is 8.76. The van der Waals surface area contributed by atoms with Gasteiger partial charge in [-0.2, -0.15) is 0 Å². The van der Waals surface area contributed by atoms with E-state index in [-0.39, 0.29) is 11.9 Å². The van der Waals surface area contributed by atoms with Crippen molar-refractivity contribution in [3.63, 3.8) is 0 Å². The average molecular weight is 376 g/mol. The number of hydrogen-bond donors (Lipinski definition) is 2. The van der Waals surface area contributed by atoms with Crippen molar-refractivity contribution < 1.29 is 14.3 Å². The highest BCUT2D eigenvalue weighted by Gasteiger charge is 2.40. The van der Waals surface area contributed by atoms with Gasteiger partial charge in [-0.3, -0.25) is 9.69 Å². The van der Waals surface area contributed by atoms with E-state index in [2.05, 4.69) is 46.7 Å². The number of nitrogens with one attached hydrogen (secondary N) is 2. The second-order valence-electron chi connectivity index (χ2n) is 7.75. The molecule has 2 heterocycles. The summed E-state index contributed by atoms with van der Waals surface area (Å²) in [6.45, 7) is 8.20. The molecule has 2 aliphatic rings. The van der Waals surface area contributed by atoms with Gasteiger partial charge >= 0.3 is 0 Å². The molecule has 0 radical (unpaired) electrons. The Hall–Kier alpha value is -1.47. The third kappa shape index (κ3) is 5.08. The summed E-state index contributed by atoms with van der Waals surface area (Å²) in [6.07, 6.45) is 1.64. The fourth-order valence-electron chi connectivity index (χ4n) is 4.22. The fourth-order valence-corrected chi connectivity index (χ4v) is 4.22. The predicted molar refractivity (Wildman–Crippen MR) is 106 cm³/mol. The number of aryl methyl sites for hydroxylation is 1. The van der Waals surface area contributed by atoms with Crippen LogP contribution in [0.2, 0.25) is 0 Å². The van der Waals surface area contributed by atoms with Gasteiger partial charge in [0.25, 0.3) is 0 Å². The van der Waals surface area contributed by atoms with Gasteiger partial charge in [-0.05, 0) is 38.4 Å². The van der Waals surface area contributed by atoms with Gasteiger partial charge in [-0.1, -0.05) is 29.8 Å². The lowest BCUT2D eigenvalue weighted by atomic mass is 9.78. The van der Waals surface area contributed by atoms with Crippen LogP contribution in [-0.2, 0) is 14.3 Å². The minimum Gasteiger partial charge on any atom is -0.384 e. The van der Waals surface area contributed by atoms with Crippen LogP contribution in [0.3, 0.4) is 0 Å². The first-order chi connectivity index (χ1) is 13.1. The Balaban J connectivity index is 1.72. The van der Waals surface area contributed by atoms with Gasteiger partial charge < -0.3 is 20.1 Å². The summed E-state index contributed by atoms with van der Waals surface area (Å²) in [7, 11) is 1.68. The van der Waals surface area contributed by atoms with E-state index in [1.54, 1.807) is 7.11 Å². The zero-order valence-electron chi connectivity index (χ0n) is 16.6. The molecule has 1 aromatic carbocycles. The number of benzene rings is 1. The van der Waals surface area contributed by atoms with Crippen LogP contribution in [0.5, 0.6) is 0 Å². The van der Waals surface area contributed by atoms with Crippen molar-refractivity contribution in [2.45, 2.75) is 25.8 Å². The molecule has 2 saturated heterocycles. The van der Waals surface area contributed by atoms with Crippen molar-refractivity contribution in [2.24, 2.45) is 5.41 Å². The average Bonchev–Trinajstić information content (AvgIpc) is 2.70. The molecule has 27 heavy (non-hydrogen) atoms. The molecule has 1 atom stereocenters. The zero-order chi connectivity index (χ0) is 19.1. The number of methoxy groups -OCH3 is 1. The van der Waals surface area contributed by atoms with Gasteiger partial charge in [0, 0.05) is 26.7 Å². The zero-order valence-corrected chi connectivity index (χ0v) is 16.6. The minimum absolute atomic E-state index is 0.122. The van der Waals surface area contributed by atoms with Crippen LogP contribution in [0.4, 0.5) is 0 Å². The van der Waals surface area contributed by atoms with Crippen molar-refractivity contribution in [2.75, 3.05) is 59.7 Å². The van der Waals surface area contributed by atoms with E-state index in [1.807, 2.05) is 0 Å². The first kappa shape index (κ1) is 20.3. The molecule has 2 fully saturated rings. The molecule has 1 aromatic rings. The van der Waals surface area contributed by atoms with Crippen molar-refractivity contribution in [3.8, 4) is 0 Å². The Morgan fingerprint density at radius 2 is 2.07 bits per heavy atom.